The van der Waals surface area contributed by atoms with Crippen molar-refractivity contribution in [1.29, 1.82) is 0 Å². The molecule has 7 nitrogen and oxygen atoms in total. The molecule has 0 radical (unpaired) electrons. The molecule has 1 atom stereocenters. The average Bonchev–Trinajstić information content (AvgIpc) is 3.29. The van der Waals surface area contributed by atoms with Crippen LogP contribution in [0.4, 0.5) is 0 Å². The van der Waals surface area contributed by atoms with Crippen molar-refractivity contribution in [2.24, 2.45) is 10.9 Å². The molecule has 1 saturated heterocycles. The molecule has 1 saturated carbocycles. The number of aryl methyl sites for hydroxylation is 1. The number of carbonyl (C=O) groups excluding carboxylic acids is 1. The minimum absolute atomic E-state index is 0. The number of amides is 1. The number of carbonyl (C=O) groups is 1. The van der Waals surface area contributed by atoms with E-state index in [9.17, 15) is 4.79 Å². The van der Waals surface area contributed by atoms with Crippen LogP contribution >= 0.6 is 24.0 Å². The highest BCUT2D eigenvalue weighted by Gasteiger charge is 2.18. The number of guanidine groups is 1. The molecule has 1 aliphatic carbocycles. The molecule has 1 aromatic rings. The molecule has 1 amide bonds. The Bertz CT molecular complexity index is 732. The number of rotatable bonds is 9. The zero-order valence-corrected chi connectivity index (χ0v) is 21.8. The summed E-state index contributed by atoms with van der Waals surface area (Å²) in [6.07, 6.45) is 6.91. The van der Waals surface area contributed by atoms with Crippen LogP contribution in [-0.2, 0) is 16.1 Å². The molecule has 1 heterocycles. The first-order valence-corrected chi connectivity index (χ1v) is 11.8. The van der Waals surface area contributed by atoms with Crippen molar-refractivity contribution in [3.63, 3.8) is 0 Å². The fraction of sp³-hybridized carbons (Fsp3) is 0.667. The van der Waals surface area contributed by atoms with E-state index in [2.05, 4.69) is 46.1 Å². The average molecular weight is 559 g/mol. The molecule has 32 heavy (non-hydrogen) atoms. The maximum Gasteiger partial charge on any atom is 0.239 e. The van der Waals surface area contributed by atoms with Crippen LogP contribution < -0.4 is 20.7 Å². The smallest absolute Gasteiger partial charge is 0.239 e. The summed E-state index contributed by atoms with van der Waals surface area (Å²) < 4.78 is 11.6. The second kappa shape index (κ2) is 14.6. The third-order valence-corrected chi connectivity index (χ3v) is 5.86. The summed E-state index contributed by atoms with van der Waals surface area (Å²) in [7, 11) is 0. The zero-order chi connectivity index (χ0) is 21.9. The van der Waals surface area contributed by atoms with Crippen molar-refractivity contribution in [2.75, 3.05) is 32.9 Å². The summed E-state index contributed by atoms with van der Waals surface area (Å²) in [4.78, 5) is 17.0. The monoisotopic (exact) mass is 558 g/mol. The van der Waals surface area contributed by atoms with Crippen LogP contribution in [0.5, 0.6) is 5.75 Å². The van der Waals surface area contributed by atoms with Gasteiger partial charge in [-0.3, -0.25) is 4.79 Å². The predicted molar refractivity (Wildman–Crippen MR) is 139 cm³/mol. The highest BCUT2D eigenvalue weighted by Crippen LogP contribution is 2.23. The van der Waals surface area contributed by atoms with Gasteiger partial charge in [-0.15, -0.1) is 24.0 Å². The quantitative estimate of drug-likeness (QED) is 0.246. The van der Waals surface area contributed by atoms with Crippen molar-refractivity contribution >= 4 is 35.8 Å². The van der Waals surface area contributed by atoms with Gasteiger partial charge >= 0.3 is 0 Å². The van der Waals surface area contributed by atoms with Gasteiger partial charge in [0, 0.05) is 30.7 Å². The van der Waals surface area contributed by atoms with Crippen molar-refractivity contribution in [2.45, 2.75) is 65.0 Å². The Morgan fingerprint density at radius 1 is 1.19 bits per heavy atom. The molecule has 2 fully saturated rings. The molecular weight excluding hydrogens is 519 g/mol. The maximum atomic E-state index is 12.3. The number of nitrogens with one attached hydrogen (secondary N) is 3. The topological polar surface area (TPSA) is 84.0 Å². The maximum absolute atomic E-state index is 12.3. The summed E-state index contributed by atoms with van der Waals surface area (Å²) >= 11 is 0. The predicted octanol–water partition coefficient (Wildman–Crippen LogP) is 3.53. The fourth-order valence-electron chi connectivity index (χ4n) is 4.04. The molecule has 8 heteroatoms. The highest BCUT2D eigenvalue weighted by atomic mass is 127. The Morgan fingerprint density at radius 2 is 2.00 bits per heavy atom. The molecule has 1 unspecified atom stereocenters. The minimum atomic E-state index is 0. The number of nitrogens with zero attached hydrogens (tertiary/aromatic N) is 1. The molecular formula is C24H39IN4O3. The summed E-state index contributed by atoms with van der Waals surface area (Å²) in [5.41, 5.74) is 2.20. The first-order chi connectivity index (χ1) is 15.1. The molecule has 180 valence electrons. The lowest BCUT2D eigenvalue weighted by Gasteiger charge is -2.23. The second-order valence-electron chi connectivity index (χ2n) is 8.60. The van der Waals surface area contributed by atoms with E-state index < -0.39 is 0 Å². The number of halogens is 1. The largest absolute Gasteiger partial charge is 0.493 e. The lowest BCUT2D eigenvalue weighted by atomic mass is 9.95. The van der Waals surface area contributed by atoms with E-state index in [-0.39, 0.29) is 36.4 Å². The number of hydrogen-bond acceptors (Lipinski definition) is 4. The fourth-order valence-corrected chi connectivity index (χ4v) is 4.04. The van der Waals surface area contributed by atoms with Gasteiger partial charge in [0.05, 0.1) is 26.3 Å². The Kier molecular flexibility index (Phi) is 12.2. The summed E-state index contributed by atoms with van der Waals surface area (Å²) in [5.74, 6) is 1.99. The van der Waals surface area contributed by atoms with E-state index in [1.165, 1.54) is 19.3 Å². The Morgan fingerprint density at radius 3 is 2.72 bits per heavy atom. The minimum Gasteiger partial charge on any atom is -0.493 e. The van der Waals surface area contributed by atoms with Crippen molar-refractivity contribution in [3.8, 4) is 5.75 Å². The molecule has 2 aliphatic rings. The van der Waals surface area contributed by atoms with E-state index >= 15 is 0 Å². The molecule has 1 aliphatic heterocycles. The van der Waals surface area contributed by atoms with Gasteiger partial charge < -0.3 is 25.4 Å². The van der Waals surface area contributed by atoms with Gasteiger partial charge in [-0.05, 0) is 44.7 Å². The Hall–Kier alpha value is -1.55. The Labute approximate surface area is 209 Å². The highest BCUT2D eigenvalue weighted by molar-refractivity contribution is 14.0. The normalized spacial score (nSPS) is 19.2. The lowest BCUT2D eigenvalue weighted by molar-refractivity contribution is -0.120. The molecule has 0 bridgehead atoms. The number of aliphatic imine (C=N–C) groups is 1. The van der Waals surface area contributed by atoms with E-state index in [0.29, 0.717) is 31.1 Å². The van der Waals surface area contributed by atoms with E-state index in [1.54, 1.807) is 0 Å². The Balaban J connectivity index is 0.00000363. The molecule has 0 spiro atoms. The van der Waals surface area contributed by atoms with Crippen LogP contribution in [0.3, 0.4) is 0 Å². The van der Waals surface area contributed by atoms with Gasteiger partial charge in [-0.1, -0.05) is 31.4 Å². The van der Waals surface area contributed by atoms with Crippen molar-refractivity contribution in [1.82, 2.24) is 16.0 Å². The van der Waals surface area contributed by atoms with Crippen LogP contribution in [0.1, 0.15) is 56.6 Å². The first-order valence-electron chi connectivity index (χ1n) is 11.8. The third kappa shape index (κ3) is 9.13. The van der Waals surface area contributed by atoms with E-state index in [4.69, 9.17) is 9.47 Å². The standard InChI is InChI=1S/C24H38N4O3.HI/c1-3-25-24(27-15-23(29)28-21-7-5-4-6-8-21)26-14-20-10-9-18(2)13-22(20)31-17-19-11-12-30-16-19;/h9-10,13,19,21H,3-8,11-12,14-17H2,1-2H3,(H,28,29)(H2,25,26,27);1H. The van der Waals surface area contributed by atoms with Crippen molar-refractivity contribution < 1.29 is 14.3 Å². The molecule has 0 aromatic heterocycles. The number of hydrogen-bond donors (Lipinski definition) is 3. The van der Waals surface area contributed by atoms with Gasteiger partial charge in [-0.2, -0.15) is 0 Å². The summed E-state index contributed by atoms with van der Waals surface area (Å²) in [6, 6.07) is 6.53. The van der Waals surface area contributed by atoms with Gasteiger partial charge in [0.2, 0.25) is 5.91 Å². The number of benzene rings is 1. The van der Waals surface area contributed by atoms with Crippen LogP contribution in [0, 0.1) is 12.8 Å². The second-order valence-corrected chi connectivity index (χ2v) is 8.60. The van der Waals surface area contributed by atoms with Gasteiger partial charge in [0.25, 0.3) is 0 Å². The van der Waals surface area contributed by atoms with E-state index in [0.717, 1.165) is 55.9 Å². The SMILES string of the molecule is CCNC(=NCc1ccc(C)cc1OCC1CCOC1)NCC(=O)NC1CCCCC1.I. The molecule has 1 aromatic carbocycles. The summed E-state index contributed by atoms with van der Waals surface area (Å²) in [5, 5.41) is 9.51. The third-order valence-electron chi connectivity index (χ3n) is 5.86. The van der Waals surface area contributed by atoms with Crippen LogP contribution in [0.15, 0.2) is 23.2 Å². The van der Waals surface area contributed by atoms with Crippen LogP contribution in [-0.4, -0.2) is 50.8 Å². The summed E-state index contributed by atoms with van der Waals surface area (Å²) in [6.45, 7) is 7.78. The lowest BCUT2D eigenvalue weighted by Crippen LogP contribution is -2.46. The van der Waals surface area contributed by atoms with Gasteiger partial charge in [-0.25, -0.2) is 4.99 Å². The number of ether oxygens (including phenoxy) is 2. The molecule has 3 N–H and O–H groups in total. The van der Waals surface area contributed by atoms with Gasteiger partial charge in [0.15, 0.2) is 5.96 Å². The zero-order valence-electron chi connectivity index (χ0n) is 19.5. The molecule has 3 rings (SSSR count). The van der Waals surface area contributed by atoms with Crippen molar-refractivity contribution in [3.05, 3.63) is 29.3 Å². The van der Waals surface area contributed by atoms with Gasteiger partial charge in [0.1, 0.15) is 5.75 Å². The first kappa shape index (κ1) is 26.7. The van der Waals surface area contributed by atoms with E-state index in [1.807, 2.05) is 6.92 Å². The van der Waals surface area contributed by atoms with Crippen LogP contribution in [0.25, 0.3) is 0 Å². The van der Waals surface area contributed by atoms with Crippen LogP contribution in [0.2, 0.25) is 0 Å².